The van der Waals surface area contributed by atoms with Crippen molar-refractivity contribution in [2.24, 2.45) is 5.92 Å². The molecule has 0 spiro atoms. The Morgan fingerprint density at radius 1 is 1.00 bits per heavy atom. The Balaban J connectivity index is 2.03. The summed E-state index contributed by atoms with van der Waals surface area (Å²) in [5, 5.41) is 3.33. The number of hydrogen-bond donors (Lipinski definition) is 1. The van der Waals surface area contributed by atoms with Crippen molar-refractivity contribution in [1.82, 2.24) is 9.13 Å². The summed E-state index contributed by atoms with van der Waals surface area (Å²) in [6.45, 7) is 6.06. The molecule has 6 heteroatoms. The van der Waals surface area contributed by atoms with E-state index in [4.69, 9.17) is 0 Å². The number of hydrogen-bond acceptors (Lipinski definition) is 3. The smallest absolute Gasteiger partial charge is 0.324 e. The van der Waals surface area contributed by atoms with Crippen molar-refractivity contribution in [1.29, 1.82) is 0 Å². The molecule has 146 valence electrons. The topological polar surface area (TPSA) is 73.1 Å². The summed E-state index contributed by atoms with van der Waals surface area (Å²) in [4.78, 5) is 38.4. The molecule has 2 aromatic carbocycles. The van der Waals surface area contributed by atoms with E-state index in [1.165, 1.54) is 9.13 Å². The molecule has 0 aliphatic heterocycles. The molecule has 0 bridgehead atoms. The third kappa shape index (κ3) is 3.91. The van der Waals surface area contributed by atoms with Gasteiger partial charge in [0.15, 0.2) is 0 Å². The summed E-state index contributed by atoms with van der Waals surface area (Å²) in [5.74, 6) is -0.173. The standard InChI is InChI=1S/C22H25N3O3/c1-4-16-9-5-7-11-18(16)23-20(26)14-24-19-12-8-6-10-17(19)21(27)25(22(24)28)13-15(2)3/h5-12,15H,4,13-14H2,1-3H3,(H,23,26). The molecule has 0 fully saturated rings. The second-order valence-electron chi connectivity index (χ2n) is 7.25. The highest BCUT2D eigenvalue weighted by molar-refractivity contribution is 5.92. The van der Waals surface area contributed by atoms with E-state index in [2.05, 4.69) is 5.32 Å². The number of benzene rings is 2. The third-order valence-corrected chi connectivity index (χ3v) is 4.65. The lowest BCUT2D eigenvalue weighted by Crippen LogP contribution is -2.42. The van der Waals surface area contributed by atoms with Gasteiger partial charge in [-0.25, -0.2) is 4.79 Å². The molecule has 1 aromatic heterocycles. The molecule has 0 unspecified atom stereocenters. The van der Waals surface area contributed by atoms with Crippen LogP contribution in [0.1, 0.15) is 26.3 Å². The molecule has 28 heavy (non-hydrogen) atoms. The van der Waals surface area contributed by atoms with Crippen LogP contribution in [0.15, 0.2) is 58.1 Å². The molecule has 1 amide bonds. The van der Waals surface area contributed by atoms with Gasteiger partial charge < -0.3 is 5.32 Å². The fourth-order valence-electron chi connectivity index (χ4n) is 3.33. The van der Waals surface area contributed by atoms with Gasteiger partial charge >= 0.3 is 5.69 Å². The average Bonchev–Trinajstić information content (AvgIpc) is 2.68. The van der Waals surface area contributed by atoms with Gasteiger partial charge in [-0.1, -0.05) is 51.1 Å². The van der Waals surface area contributed by atoms with Gasteiger partial charge in [-0.3, -0.25) is 18.7 Å². The maximum atomic E-state index is 13.0. The number of aromatic nitrogens is 2. The Morgan fingerprint density at radius 3 is 2.39 bits per heavy atom. The van der Waals surface area contributed by atoms with Crippen LogP contribution in [0.4, 0.5) is 5.69 Å². The number of para-hydroxylation sites is 2. The number of fused-ring (bicyclic) bond motifs is 1. The monoisotopic (exact) mass is 379 g/mol. The van der Waals surface area contributed by atoms with Crippen LogP contribution >= 0.6 is 0 Å². The highest BCUT2D eigenvalue weighted by Gasteiger charge is 2.16. The second kappa shape index (κ2) is 8.25. The maximum absolute atomic E-state index is 13.0. The number of nitrogens with zero attached hydrogens (tertiary/aromatic N) is 2. The van der Waals surface area contributed by atoms with Crippen LogP contribution in [0.2, 0.25) is 0 Å². The summed E-state index contributed by atoms with van der Waals surface area (Å²) in [5.41, 5.74) is 1.45. The van der Waals surface area contributed by atoms with Crippen LogP contribution < -0.4 is 16.6 Å². The number of nitrogens with one attached hydrogen (secondary N) is 1. The van der Waals surface area contributed by atoms with E-state index >= 15 is 0 Å². The fraction of sp³-hybridized carbons (Fsp3) is 0.318. The van der Waals surface area contributed by atoms with Crippen molar-refractivity contribution in [2.75, 3.05) is 5.32 Å². The van der Waals surface area contributed by atoms with Crippen LogP contribution in [0.3, 0.4) is 0 Å². The molecule has 0 saturated heterocycles. The van der Waals surface area contributed by atoms with E-state index in [0.717, 1.165) is 17.7 Å². The molecular weight excluding hydrogens is 354 g/mol. The average molecular weight is 379 g/mol. The minimum atomic E-state index is -0.462. The Hall–Kier alpha value is -3.15. The number of rotatable bonds is 6. The number of carbonyl (C=O) groups is 1. The molecule has 6 nitrogen and oxygen atoms in total. The highest BCUT2D eigenvalue weighted by atomic mass is 16.2. The Morgan fingerprint density at radius 2 is 1.68 bits per heavy atom. The first-order valence-corrected chi connectivity index (χ1v) is 9.52. The lowest BCUT2D eigenvalue weighted by molar-refractivity contribution is -0.116. The summed E-state index contributed by atoms with van der Waals surface area (Å²) >= 11 is 0. The fourth-order valence-corrected chi connectivity index (χ4v) is 3.33. The van der Waals surface area contributed by atoms with Crippen molar-refractivity contribution >= 4 is 22.5 Å². The number of anilines is 1. The van der Waals surface area contributed by atoms with Crippen molar-refractivity contribution in [3.8, 4) is 0 Å². The summed E-state index contributed by atoms with van der Waals surface area (Å²) < 4.78 is 2.60. The molecule has 3 rings (SSSR count). The van der Waals surface area contributed by atoms with Crippen molar-refractivity contribution < 1.29 is 4.79 Å². The Bertz CT molecular complexity index is 1130. The van der Waals surface area contributed by atoms with Crippen molar-refractivity contribution in [3.05, 3.63) is 74.9 Å². The number of carbonyl (C=O) groups excluding carboxylic acids is 1. The summed E-state index contributed by atoms with van der Waals surface area (Å²) in [6.07, 6.45) is 0.790. The normalized spacial score (nSPS) is 11.1. The van der Waals surface area contributed by atoms with E-state index in [9.17, 15) is 14.4 Å². The van der Waals surface area contributed by atoms with Gasteiger partial charge in [-0.05, 0) is 36.1 Å². The zero-order chi connectivity index (χ0) is 20.3. The first-order chi connectivity index (χ1) is 13.4. The third-order valence-electron chi connectivity index (χ3n) is 4.65. The minimum Gasteiger partial charge on any atom is -0.324 e. The van der Waals surface area contributed by atoms with Crippen LogP contribution in [-0.2, 0) is 24.3 Å². The molecule has 1 N–H and O–H groups in total. The number of aryl methyl sites for hydroxylation is 1. The first-order valence-electron chi connectivity index (χ1n) is 9.52. The zero-order valence-electron chi connectivity index (χ0n) is 16.4. The Labute approximate surface area is 163 Å². The molecule has 0 aliphatic rings. The van der Waals surface area contributed by atoms with E-state index in [1.54, 1.807) is 24.3 Å². The molecule has 0 radical (unpaired) electrons. The summed E-state index contributed by atoms with van der Waals surface area (Å²) in [7, 11) is 0. The van der Waals surface area contributed by atoms with Crippen molar-refractivity contribution in [3.63, 3.8) is 0 Å². The number of amides is 1. The SMILES string of the molecule is CCc1ccccc1NC(=O)Cn1c(=O)n(CC(C)C)c(=O)c2ccccc21. The second-order valence-corrected chi connectivity index (χ2v) is 7.25. The Kier molecular flexibility index (Phi) is 5.78. The molecule has 1 heterocycles. The van der Waals surface area contributed by atoms with Gasteiger partial charge in [0.2, 0.25) is 5.91 Å². The predicted molar refractivity (Wildman–Crippen MR) is 112 cm³/mol. The molecule has 0 saturated carbocycles. The molecular formula is C22H25N3O3. The molecule has 3 aromatic rings. The van der Waals surface area contributed by atoms with Crippen LogP contribution in [0.5, 0.6) is 0 Å². The van der Waals surface area contributed by atoms with Crippen LogP contribution in [0.25, 0.3) is 10.9 Å². The van der Waals surface area contributed by atoms with E-state index in [1.807, 2.05) is 45.0 Å². The van der Waals surface area contributed by atoms with Gasteiger partial charge in [-0.15, -0.1) is 0 Å². The highest BCUT2D eigenvalue weighted by Crippen LogP contribution is 2.16. The van der Waals surface area contributed by atoms with Gasteiger partial charge in [0.25, 0.3) is 5.56 Å². The lowest BCUT2D eigenvalue weighted by Gasteiger charge is -2.16. The predicted octanol–water partition coefficient (Wildman–Crippen LogP) is 3.02. The van der Waals surface area contributed by atoms with E-state index < -0.39 is 5.69 Å². The lowest BCUT2D eigenvalue weighted by atomic mass is 10.1. The summed E-state index contributed by atoms with van der Waals surface area (Å²) in [6, 6.07) is 14.5. The van der Waals surface area contributed by atoms with E-state index in [0.29, 0.717) is 17.4 Å². The zero-order valence-corrected chi connectivity index (χ0v) is 16.4. The maximum Gasteiger partial charge on any atom is 0.331 e. The molecule has 0 atom stereocenters. The quantitative estimate of drug-likeness (QED) is 0.715. The van der Waals surface area contributed by atoms with Crippen molar-refractivity contribution in [2.45, 2.75) is 40.3 Å². The van der Waals surface area contributed by atoms with E-state index in [-0.39, 0.29) is 23.9 Å². The van der Waals surface area contributed by atoms with Gasteiger partial charge in [-0.2, -0.15) is 0 Å². The molecule has 0 aliphatic carbocycles. The van der Waals surface area contributed by atoms with Gasteiger partial charge in [0, 0.05) is 12.2 Å². The van der Waals surface area contributed by atoms with Gasteiger partial charge in [0.1, 0.15) is 6.54 Å². The van der Waals surface area contributed by atoms with Gasteiger partial charge in [0.05, 0.1) is 10.9 Å². The van der Waals surface area contributed by atoms with Crippen LogP contribution in [0, 0.1) is 5.92 Å². The largest absolute Gasteiger partial charge is 0.331 e. The first kappa shape index (κ1) is 19.6. The van der Waals surface area contributed by atoms with Crippen LogP contribution in [-0.4, -0.2) is 15.0 Å². The minimum absolute atomic E-state index is 0.130.